The van der Waals surface area contributed by atoms with Gasteiger partial charge in [0.15, 0.2) is 0 Å². The van der Waals surface area contributed by atoms with Crippen molar-refractivity contribution in [3.63, 3.8) is 0 Å². The Morgan fingerprint density at radius 1 is 0.750 bits per heavy atom. The van der Waals surface area contributed by atoms with Gasteiger partial charge in [0.1, 0.15) is 5.75 Å². The highest BCUT2D eigenvalue weighted by Gasteiger charge is 2.08. The van der Waals surface area contributed by atoms with Gasteiger partial charge in [-0.15, -0.1) is 11.3 Å². The van der Waals surface area contributed by atoms with Crippen LogP contribution in [0.25, 0.3) is 31.3 Å². The Morgan fingerprint density at radius 2 is 1.60 bits per heavy atom. The highest BCUT2D eigenvalue weighted by atomic mass is 32.1. The molecule has 0 aliphatic rings. The van der Waals surface area contributed by atoms with E-state index in [9.17, 15) is 5.11 Å². The summed E-state index contributed by atoms with van der Waals surface area (Å²) in [6, 6.07) is 22.6. The molecule has 0 aliphatic heterocycles. The molecule has 4 rings (SSSR count). The summed E-state index contributed by atoms with van der Waals surface area (Å²) in [5.41, 5.74) is 1.25. The monoisotopic (exact) mass is 276 g/mol. The summed E-state index contributed by atoms with van der Waals surface area (Å²) in [6.07, 6.45) is 0. The first kappa shape index (κ1) is 11.5. The fourth-order valence-electron chi connectivity index (χ4n) is 2.59. The Bertz CT molecular complexity index is 916. The highest BCUT2D eigenvalue weighted by Crippen LogP contribution is 2.38. The molecule has 0 radical (unpaired) electrons. The molecule has 4 aromatic rings. The predicted octanol–water partition coefficient (Wildman–Crippen LogP) is 5.43. The van der Waals surface area contributed by atoms with Gasteiger partial charge in [-0.25, -0.2) is 0 Å². The van der Waals surface area contributed by atoms with E-state index >= 15 is 0 Å². The fraction of sp³-hybridized carbons (Fsp3) is 0. The first-order valence-electron chi connectivity index (χ1n) is 6.52. The van der Waals surface area contributed by atoms with Crippen molar-refractivity contribution in [2.45, 2.75) is 0 Å². The van der Waals surface area contributed by atoms with Gasteiger partial charge in [0, 0.05) is 9.58 Å². The third-order valence-corrected chi connectivity index (χ3v) is 4.69. The molecule has 0 unspecified atom stereocenters. The molecule has 96 valence electrons. The van der Waals surface area contributed by atoms with E-state index in [0.29, 0.717) is 5.75 Å². The Balaban J connectivity index is 2.01. The Labute approximate surface area is 120 Å². The maximum absolute atomic E-state index is 9.59. The number of aromatic hydroxyl groups is 1. The van der Waals surface area contributed by atoms with Crippen LogP contribution in [0.2, 0.25) is 0 Å². The summed E-state index contributed by atoms with van der Waals surface area (Å²) in [4.78, 5) is 1.24. The smallest absolute Gasteiger partial charge is 0.117 e. The van der Waals surface area contributed by atoms with Crippen LogP contribution in [0, 0.1) is 0 Å². The summed E-state index contributed by atoms with van der Waals surface area (Å²) in [7, 11) is 0. The summed E-state index contributed by atoms with van der Waals surface area (Å²) in [5.74, 6) is 0.323. The van der Waals surface area contributed by atoms with Crippen molar-refractivity contribution < 1.29 is 5.11 Å². The number of fused-ring (bicyclic) bond motifs is 2. The second-order valence-corrected chi connectivity index (χ2v) is 5.94. The molecule has 1 nitrogen and oxygen atoms in total. The van der Waals surface area contributed by atoms with Crippen molar-refractivity contribution >= 4 is 32.2 Å². The number of hydrogen-bond acceptors (Lipinski definition) is 2. The molecular formula is C18H12OS. The highest BCUT2D eigenvalue weighted by molar-refractivity contribution is 7.22. The van der Waals surface area contributed by atoms with Gasteiger partial charge in [0.2, 0.25) is 0 Å². The van der Waals surface area contributed by atoms with Crippen molar-refractivity contribution in [1.82, 2.24) is 0 Å². The molecular weight excluding hydrogens is 264 g/mol. The average molecular weight is 276 g/mol. The molecule has 1 N–H and O–H groups in total. The zero-order chi connectivity index (χ0) is 13.5. The molecule has 0 aliphatic carbocycles. The number of benzene rings is 3. The SMILES string of the molecule is Oc1ccc2cc(-c3cccc4ccccc34)sc2c1. The maximum atomic E-state index is 9.59. The van der Waals surface area contributed by atoms with Crippen LogP contribution in [0.1, 0.15) is 0 Å². The molecule has 0 saturated heterocycles. The van der Waals surface area contributed by atoms with Gasteiger partial charge in [-0.2, -0.15) is 0 Å². The lowest BCUT2D eigenvalue weighted by atomic mass is 10.0. The van der Waals surface area contributed by atoms with Gasteiger partial charge in [0.05, 0.1) is 0 Å². The standard InChI is InChI=1S/C18H12OS/c19-14-9-8-13-10-18(20-17(13)11-14)16-7-3-5-12-4-1-2-6-15(12)16/h1-11,19H. The number of hydrogen-bond donors (Lipinski definition) is 1. The molecule has 20 heavy (non-hydrogen) atoms. The molecule has 0 spiro atoms. The zero-order valence-corrected chi connectivity index (χ0v) is 11.5. The number of phenolic OH excluding ortho intramolecular Hbond substituents is 1. The van der Waals surface area contributed by atoms with E-state index in [1.807, 2.05) is 12.1 Å². The van der Waals surface area contributed by atoms with Crippen molar-refractivity contribution in [2.75, 3.05) is 0 Å². The maximum Gasteiger partial charge on any atom is 0.117 e. The zero-order valence-electron chi connectivity index (χ0n) is 10.7. The molecule has 0 atom stereocenters. The van der Waals surface area contributed by atoms with Gasteiger partial charge in [0.25, 0.3) is 0 Å². The van der Waals surface area contributed by atoms with Gasteiger partial charge >= 0.3 is 0 Å². The third-order valence-electron chi connectivity index (χ3n) is 3.56. The summed E-state index contributed by atoms with van der Waals surface area (Å²) in [5, 5.41) is 13.3. The molecule has 0 amide bonds. The molecule has 0 bridgehead atoms. The molecule has 0 fully saturated rings. The Hall–Kier alpha value is -2.32. The van der Waals surface area contributed by atoms with Crippen LogP contribution in [-0.2, 0) is 0 Å². The summed E-state index contributed by atoms with van der Waals surface area (Å²) in [6.45, 7) is 0. The van der Waals surface area contributed by atoms with Crippen molar-refractivity contribution in [2.24, 2.45) is 0 Å². The second-order valence-electron chi connectivity index (χ2n) is 4.86. The quantitative estimate of drug-likeness (QED) is 0.491. The summed E-state index contributed by atoms with van der Waals surface area (Å²) < 4.78 is 1.12. The number of thiophene rings is 1. The van der Waals surface area contributed by atoms with Crippen LogP contribution in [0.3, 0.4) is 0 Å². The molecule has 1 heterocycles. The second kappa shape index (κ2) is 4.36. The van der Waals surface area contributed by atoms with E-state index in [1.165, 1.54) is 26.6 Å². The normalized spacial score (nSPS) is 11.2. The van der Waals surface area contributed by atoms with Crippen LogP contribution in [0.5, 0.6) is 5.75 Å². The lowest BCUT2D eigenvalue weighted by Gasteiger charge is -2.03. The van der Waals surface area contributed by atoms with Crippen LogP contribution >= 0.6 is 11.3 Å². The van der Waals surface area contributed by atoms with Crippen LogP contribution < -0.4 is 0 Å². The third kappa shape index (κ3) is 1.77. The molecule has 2 heteroatoms. The minimum atomic E-state index is 0.323. The van der Waals surface area contributed by atoms with Crippen molar-refractivity contribution in [3.8, 4) is 16.2 Å². The lowest BCUT2D eigenvalue weighted by molar-refractivity contribution is 0.476. The fourth-order valence-corrected chi connectivity index (χ4v) is 3.73. The molecule has 0 saturated carbocycles. The van der Waals surface area contributed by atoms with E-state index in [0.717, 1.165) is 4.70 Å². The van der Waals surface area contributed by atoms with E-state index in [4.69, 9.17) is 0 Å². The van der Waals surface area contributed by atoms with Gasteiger partial charge < -0.3 is 5.11 Å². The van der Waals surface area contributed by atoms with E-state index in [2.05, 4.69) is 48.5 Å². The topological polar surface area (TPSA) is 20.2 Å². The molecule has 3 aromatic carbocycles. The first-order chi connectivity index (χ1) is 9.81. The van der Waals surface area contributed by atoms with Crippen molar-refractivity contribution in [1.29, 1.82) is 0 Å². The average Bonchev–Trinajstić information content (AvgIpc) is 2.89. The van der Waals surface area contributed by atoms with Gasteiger partial charge in [-0.1, -0.05) is 42.5 Å². The van der Waals surface area contributed by atoms with E-state index in [-0.39, 0.29) is 0 Å². The van der Waals surface area contributed by atoms with Crippen LogP contribution in [-0.4, -0.2) is 5.11 Å². The minimum Gasteiger partial charge on any atom is -0.508 e. The number of rotatable bonds is 1. The predicted molar refractivity (Wildman–Crippen MR) is 86.4 cm³/mol. The Morgan fingerprint density at radius 3 is 2.55 bits per heavy atom. The van der Waals surface area contributed by atoms with Crippen LogP contribution in [0.15, 0.2) is 66.7 Å². The van der Waals surface area contributed by atoms with E-state index < -0.39 is 0 Å². The molecule has 1 aromatic heterocycles. The van der Waals surface area contributed by atoms with Gasteiger partial charge in [-0.3, -0.25) is 0 Å². The van der Waals surface area contributed by atoms with Crippen molar-refractivity contribution in [3.05, 3.63) is 66.7 Å². The Kier molecular flexibility index (Phi) is 2.51. The minimum absolute atomic E-state index is 0.323. The summed E-state index contributed by atoms with van der Waals surface area (Å²) >= 11 is 1.72. The largest absolute Gasteiger partial charge is 0.508 e. The van der Waals surface area contributed by atoms with Crippen LogP contribution in [0.4, 0.5) is 0 Å². The first-order valence-corrected chi connectivity index (χ1v) is 7.34. The number of phenols is 1. The van der Waals surface area contributed by atoms with Gasteiger partial charge in [-0.05, 0) is 46.0 Å². The van der Waals surface area contributed by atoms with E-state index in [1.54, 1.807) is 17.4 Å². The lowest BCUT2D eigenvalue weighted by Crippen LogP contribution is -1.76.